The van der Waals surface area contributed by atoms with Crippen molar-refractivity contribution in [2.24, 2.45) is 0 Å². The monoisotopic (exact) mass is 235 g/mol. The van der Waals surface area contributed by atoms with Gasteiger partial charge in [-0.3, -0.25) is 9.78 Å². The molecule has 0 aliphatic carbocycles. The smallest absolute Gasteiger partial charge is 0.271 e. The predicted molar refractivity (Wildman–Crippen MR) is 67.8 cm³/mol. The average molecular weight is 235 g/mol. The molecule has 1 N–H and O–H groups in total. The Kier molecular flexibility index (Phi) is 5.60. The second-order valence-electron chi connectivity index (χ2n) is 4.41. The van der Waals surface area contributed by atoms with Crippen LogP contribution in [0.4, 0.5) is 0 Å². The minimum Gasteiger partial charge on any atom is -0.348 e. The van der Waals surface area contributed by atoms with Crippen molar-refractivity contribution in [3.63, 3.8) is 0 Å². The first kappa shape index (κ1) is 13.6. The third-order valence-electron chi connectivity index (χ3n) is 2.63. The zero-order valence-electron chi connectivity index (χ0n) is 10.9. The summed E-state index contributed by atoms with van der Waals surface area (Å²) in [5, 5.41) is 2.93. The van der Waals surface area contributed by atoms with Gasteiger partial charge in [0.2, 0.25) is 0 Å². The number of aryl methyl sites for hydroxylation is 1. The van der Waals surface area contributed by atoms with E-state index in [2.05, 4.69) is 22.2 Å². The molecule has 0 saturated heterocycles. The Labute approximate surface area is 103 Å². The Balaban J connectivity index is 2.40. The Morgan fingerprint density at radius 2 is 2.12 bits per heavy atom. The summed E-state index contributed by atoms with van der Waals surface area (Å²) >= 11 is 0. The normalized spacial score (nSPS) is 12.2. The van der Waals surface area contributed by atoms with Gasteiger partial charge in [0.05, 0.1) is 11.9 Å². The molecule has 1 aromatic rings. The molecule has 94 valence electrons. The van der Waals surface area contributed by atoms with Crippen molar-refractivity contribution in [3.8, 4) is 0 Å². The number of amides is 1. The molecule has 1 heterocycles. The Morgan fingerprint density at radius 1 is 1.35 bits per heavy atom. The number of aromatic nitrogens is 2. The minimum atomic E-state index is -0.138. The van der Waals surface area contributed by atoms with Gasteiger partial charge >= 0.3 is 0 Å². The molecule has 1 rings (SSSR count). The first-order chi connectivity index (χ1) is 8.13. The van der Waals surface area contributed by atoms with E-state index in [1.54, 1.807) is 6.20 Å². The molecule has 1 amide bonds. The first-order valence-corrected chi connectivity index (χ1v) is 6.23. The van der Waals surface area contributed by atoms with E-state index < -0.39 is 0 Å². The summed E-state index contributed by atoms with van der Waals surface area (Å²) in [5.41, 5.74) is 1.20. The van der Waals surface area contributed by atoms with Crippen LogP contribution in [0, 0.1) is 6.92 Å². The van der Waals surface area contributed by atoms with E-state index in [4.69, 9.17) is 0 Å². The fraction of sp³-hybridized carbons (Fsp3) is 0.615. The fourth-order valence-electron chi connectivity index (χ4n) is 1.58. The van der Waals surface area contributed by atoms with Crippen LogP contribution in [0.3, 0.4) is 0 Å². The van der Waals surface area contributed by atoms with E-state index in [-0.39, 0.29) is 11.9 Å². The van der Waals surface area contributed by atoms with Crippen LogP contribution in [0.1, 0.15) is 55.7 Å². The summed E-state index contributed by atoms with van der Waals surface area (Å²) in [4.78, 5) is 19.9. The van der Waals surface area contributed by atoms with Crippen LogP contribution in [0.25, 0.3) is 0 Å². The number of rotatable bonds is 6. The molecule has 0 spiro atoms. The van der Waals surface area contributed by atoms with Crippen molar-refractivity contribution in [1.82, 2.24) is 15.3 Å². The highest BCUT2D eigenvalue weighted by atomic mass is 16.1. The Bertz CT molecular complexity index is 348. The van der Waals surface area contributed by atoms with Crippen molar-refractivity contribution in [2.75, 3.05) is 0 Å². The average Bonchev–Trinajstić information content (AvgIpc) is 2.30. The van der Waals surface area contributed by atoms with Crippen LogP contribution in [-0.2, 0) is 0 Å². The number of nitrogens with zero attached hydrogens (tertiary/aromatic N) is 2. The van der Waals surface area contributed by atoms with Crippen LogP contribution in [0.15, 0.2) is 12.4 Å². The van der Waals surface area contributed by atoms with Gasteiger partial charge in [0.25, 0.3) is 5.91 Å². The lowest BCUT2D eigenvalue weighted by Gasteiger charge is -2.12. The quantitative estimate of drug-likeness (QED) is 0.771. The molecular weight excluding hydrogens is 214 g/mol. The maximum atomic E-state index is 11.8. The van der Waals surface area contributed by atoms with E-state index >= 15 is 0 Å². The van der Waals surface area contributed by atoms with Gasteiger partial charge in [0.15, 0.2) is 0 Å². The molecule has 17 heavy (non-hydrogen) atoms. The lowest BCUT2D eigenvalue weighted by Crippen LogP contribution is -2.33. The van der Waals surface area contributed by atoms with Gasteiger partial charge in [-0.05, 0) is 20.3 Å². The second kappa shape index (κ2) is 6.99. The maximum absolute atomic E-state index is 11.8. The number of carbonyl (C=O) groups excluding carboxylic acids is 1. The first-order valence-electron chi connectivity index (χ1n) is 6.23. The summed E-state index contributed by atoms with van der Waals surface area (Å²) in [6.45, 7) is 6.04. The summed E-state index contributed by atoms with van der Waals surface area (Å²) in [7, 11) is 0. The zero-order valence-corrected chi connectivity index (χ0v) is 10.9. The molecule has 0 fully saturated rings. The standard InChI is InChI=1S/C13H21N3O/c1-4-5-6-7-10(2)16-13(17)12-9-14-11(3)8-15-12/h8-10H,4-7H2,1-3H3,(H,16,17). The van der Waals surface area contributed by atoms with Gasteiger partial charge < -0.3 is 5.32 Å². The molecule has 1 unspecified atom stereocenters. The largest absolute Gasteiger partial charge is 0.348 e. The van der Waals surface area contributed by atoms with Crippen molar-refractivity contribution in [2.45, 2.75) is 52.5 Å². The molecule has 0 radical (unpaired) electrons. The summed E-state index contributed by atoms with van der Waals surface area (Å²) < 4.78 is 0. The molecule has 0 saturated carbocycles. The SMILES string of the molecule is CCCCCC(C)NC(=O)c1cnc(C)cn1. The maximum Gasteiger partial charge on any atom is 0.271 e. The predicted octanol–water partition coefficient (Wildman–Crippen LogP) is 2.48. The van der Waals surface area contributed by atoms with Gasteiger partial charge in [-0.15, -0.1) is 0 Å². The zero-order chi connectivity index (χ0) is 12.7. The van der Waals surface area contributed by atoms with Crippen molar-refractivity contribution in [3.05, 3.63) is 23.8 Å². The Hall–Kier alpha value is -1.45. The lowest BCUT2D eigenvalue weighted by atomic mass is 10.1. The fourth-order valence-corrected chi connectivity index (χ4v) is 1.58. The van der Waals surface area contributed by atoms with Crippen molar-refractivity contribution < 1.29 is 4.79 Å². The van der Waals surface area contributed by atoms with E-state index in [1.165, 1.54) is 19.0 Å². The van der Waals surface area contributed by atoms with Gasteiger partial charge in [-0.25, -0.2) is 4.98 Å². The van der Waals surface area contributed by atoms with Crippen LogP contribution in [0.5, 0.6) is 0 Å². The summed E-state index contributed by atoms with van der Waals surface area (Å²) in [6.07, 6.45) is 7.70. The second-order valence-corrected chi connectivity index (χ2v) is 4.41. The van der Waals surface area contributed by atoms with Crippen LogP contribution >= 0.6 is 0 Å². The van der Waals surface area contributed by atoms with Gasteiger partial charge in [-0.1, -0.05) is 26.2 Å². The third-order valence-corrected chi connectivity index (χ3v) is 2.63. The van der Waals surface area contributed by atoms with Crippen LogP contribution < -0.4 is 5.32 Å². The molecule has 4 heteroatoms. The van der Waals surface area contributed by atoms with E-state index in [0.717, 1.165) is 18.5 Å². The summed E-state index contributed by atoms with van der Waals surface area (Å²) in [5.74, 6) is -0.138. The van der Waals surface area contributed by atoms with E-state index in [0.29, 0.717) is 5.69 Å². The number of hydrogen-bond acceptors (Lipinski definition) is 3. The molecule has 0 bridgehead atoms. The Morgan fingerprint density at radius 3 is 2.71 bits per heavy atom. The highest BCUT2D eigenvalue weighted by Crippen LogP contribution is 2.03. The molecule has 0 aromatic carbocycles. The molecule has 4 nitrogen and oxygen atoms in total. The molecular formula is C13H21N3O. The van der Waals surface area contributed by atoms with E-state index in [9.17, 15) is 4.79 Å². The number of hydrogen-bond donors (Lipinski definition) is 1. The van der Waals surface area contributed by atoms with E-state index in [1.807, 2.05) is 13.8 Å². The topological polar surface area (TPSA) is 54.9 Å². The van der Waals surface area contributed by atoms with Crippen LogP contribution in [0.2, 0.25) is 0 Å². The van der Waals surface area contributed by atoms with Crippen LogP contribution in [-0.4, -0.2) is 21.9 Å². The molecule has 1 atom stereocenters. The van der Waals surface area contributed by atoms with Crippen molar-refractivity contribution in [1.29, 1.82) is 0 Å². The van der Waals surface area contributed by atoms with Crippen molar-refractivity contribution >= 4 is 5.91 Å². The highest BCUT2D eigenvalue weighted by molar-refractivity contribution is 5.92. The number of nitrogens with one attached hydrogen (secondary N) is 1. The van der Waals surface area contributed by atoms with Gasteiger partial charge in [0, 0.05) is 12.2 Å². The molecule has 0 aliphatic heterocycles. The van der Waals surface area contributed by atoms with Gasteiger partial charge in [0.1, 0.15) is 5.69 Å². The molecule has 1 aromatic heterocycles. The third kappa shape index (κ3) is 4.93. The molecule has 0 aliphatic rings. The minimum absolute atomic E-state index is 0.138. The number of unbranched alkanes of at least 4 members (excludes halogenated alkanes) is 2. The van der Waals surface area contributed by atoms with Gasteiger partial charge in [-0.2, -0.15) is 0 Å². The number of carbonyl (C=O) groups is 1. The summed E-state index contributed by atoms with van der Waals surface area (Å²) in [6, 6.07) is 0.192. The lowest BCUT2D eigenvalue weighted by molar-refractivity contribution is 0.0932. The highest BCUT2D eigenvalue weighted by Gasteiger charge is 2.10.